The monoisotopic (exact) mass is 356 g/mol. The van der Waals surface area contributed by atoms with Gasteiger partial charge in [0.15, 0.2) is 0 Å². The average molecular weight is 356 g/mol. The second-order valence-electron chi connectivity index (χ2n) is 6.68. The summed E-state index contributed by atoms with van der Waals surface area (Å²) in [6, 6.07) is 13.9. The lowest BCUT2D eigenvalue weighted by molar-refractivity contribution is 0.148. The van der Waals surface area contributed by atoms with Crippen LogP contribution in [0.25, 0.3) is 0 Å². The lowest BCUT2D eigenvalue weighted by Gasteiger charge is -2.32. The zero-order valence-corrected chi connectivity index (χ0v) is 15.0. The molecule has 5 nitrogen and oxygen atoms in total. The molecule has 0 radical (unpaired) electrons. The summed E-state index contributed by atoms with van der Waals surface area (Å²) in [7, 11) is 2.15. The number of carbonyl (C=O) groups excluding carboxylic acids is 1. The van der Waals surface area contributed by atoms with Crippen LogP contribution in [0.3, 0.4) is 0 Å². The predicted molar refractivity (Wildman–Crippen MR) is 101 cm³/mol. The van der Waals surface area contributed by atoms with E-state index in [0.29, 0.717) is 6.54 Å². The average Bonchev–Trinajstić information content (AvgIpc) is 2.65. The second kappa shape index (κ2) is 8.78. The van der Waals surface area contributed by atoms with Crippen LogP contribution in [-0.4, -0.2) is 49.1 Å². The Morgan fingerprint density at radius 2 is 1.65 bits per heavy atom. The van der Waals surface area contributed by atoms with E-state index in [1.54, 1.807) is 12.1 Å². The van der Waals surface area contributed by atoms with Gasteiger partial charge in [-0.25, -0.2) is 9.18 Å². The Bertz CT molecular complexity index is 727. The van der Waals surface area contributed by atoms with E-state index in [2.05, 4.69) is 39.6 Å². The molecule has 0 atom stereocenters. The number of carbonyl (C=O) groups is 1. The highest BCUT2D eigenvalue weighted by Gasteiger charge is 2.13. The quantitative estimate of drug-likeness (QED) is 0.866. The fraction of sp³-hybridized carbons (Fsp3) is 0.350. The summed E-state index contributed by atoms with van der Waals surface area (Å²) in [5, 5.41) is 5.26. The molecule has 0 spiro atoms. The van der Waals surface area contributed by atoms with Crippen LogP contribution in [0.2, 0.25) is 0 Å². The smallest absolute Gasteiger partial charge is 0.319 e. The maximum atomic E-state index is 13.5. The van der Waals surface area contributed by atoms with Crippen LogP contribution in [0.5, 0.6) is 0 Å². The van der Waals surface area contributed by atoms with Crippen molar-refractivity contribution in [3.05, 3.63) is 65.5 Å². The topological polar surface area (TPSA) is 47.6 Å². The first-order chi connectivity index (χ1) is 12.6. The Labute approximate surface area is 153 Å². The minimum absolute atomic E-state index is 0.174. The summed E-state index contributed by atoms with van der Waals surface area (Å²) in [6.45, 7) is 5.76. The number of para-hydroxylation sites is 1. The molecule has 1 heterocycles. The van der Waals surface area contributed by atoms with E-state index >= 15 is 0 Å². The lowest BCUT2D eigenvalue weighted by atomic mass is 10.1. The number of halogens is 1. The maximum Gasteiger partial charge on any atom is 0.319 e. The third-order valence-corrected chi connectivity index (χ3v) is 4.60. The highest BCUT2D eigenvalue weighted by atomic mass is 19.1. The van der Waals surface area contributed by atoms with Crippen molar-refractivity contribution in [3.8, 4) is 0 Å². The van der Waals surface area contributed by atoms with Gasteiger partial charge in [-0.05, 0) is 30.3 Å². The molecule has 3 rings (SSSR count). The van der Waals surface area contributed by atoms with Crippen molar-refractivity contribution >= 4 is 11.7 Å². The minimum atomic E-state index is -0.448. The first-order valence-electron chi connectivity index (χ1n) is 8.88. The first-order valence-corrected chi connectivity index (χ1v) is 8.88. The summed E-state index contributed by atoms with van der Waals surface area (Å²) in [5.41, 5.74) is 2.46. The number of urea groups is 1. The van der Waals surface area contributed by atoms with Crippen LogP contribution in [0.1, 0.15) is 11.1 Å². The Morgan fingerprint density at radius 3 is 2.35 bits per heavy atom. The highest BCUT2D eigenvalue weighted by molar-refractivity contribution is 5.89. The number of nitrogens with one attached hydrogen (secondary N) is 2. The molecule has 0 unspecified atom stereocenters. The molecular formula is C20H25FN4O. The molecule has 1 aliphatic heterocycles. The van der Waals surface area contributed by atoms with Crippen LogP contribution in [0.15, 0.2) is 48.5 Å². The summed E-state index contributed by atoms with van der Waals surface area (Å²) < 4.78 is 13.5. The molecule has 0 saturated carbocycles. The van der Waals surface area contributed by atoms with E-state index in [1.807, 2.05) is 12.1 Å². The predicted octanol–water partition coefficient (Wildman–Crippen LogP) is 2.89. The minimum Gasteiger partial charge on any atom is -0.334 e. The summed E-state index contributed by atoms with van der Waals surface area (Å²) in [6.07, 6.45) is 0. The molecule has 2 N–H and O–H groups in total. The SMILES string of the molecule is CN1CCN(Cc2ccc(CNC(=O)Nc3ccccc3F)cc2)CC1. The zero-order valence-electron chi connectivity index (χ0n) is 15.0. The Balaban J connectivity index is 1.45. The van der Waals surface area contributed by atoms with Crippen molar-refractivity contribution in [1.82, 2.24) is 15.1 Å². The van der Waals surface area contributed by atoms with Gasteiger partial charge < -0.3 is 15.5 Å². The molecule has 138 valence electrons. The van der Waals surface area contributed by atoms with Gasteiger partial charge in [0.05, 0.1) is 5.69 Å². The van der Waals surface area contributed by atoms with Crippen LogP contribution in [0, 0.1) is 5.82 Å². The van der Waals surface area contributed by atoms with Gasteiger partial charge in [0.2, 0.25) is 0 Å². The molecule has 2 amide bonds. The fourth-order valence-corrected chi connectivity index (χ4v) is 2.94. The highest BCUT2D eigenvalue weighted by Crippen LogP contribution is 2.12. The van der Waals surface area contributed by atoms with E-state index in [-0.39, 0.29) is 5.69 Å². The molecule has 0 bridgehead atoms. The molecule has 2 aromatic rings. The molecule has 2 aromatic carbocycles. The van der Waals surface area contributed by atoms with E-state index in [9.17, 15) is 9.18 Å². The number of likely N-dealkylation sites (N-methyl/N-ethyl adjacent to an activating group) is 1. The molecule has 1 fully saturated rings. The van der Waals surface area contributed by atoms with Gasteiger partial charge in [0, 0.05) is 39.3 Å². The van der Waals surface area contributed by atoms with Crippen molar-refractivity contribution in [2.45, 2.75) is 13.1 Å². The summed E-state index contributed by atoms with van der Waals surface area (Å²) in [5.74, 6) is -0.448. The van der Waals surface area contributed by atoms with E-state index in [4.69, 9.17) is 0 Å². The van der Waals surface area contributed by atoms with Crippen molar-refractivity contribution in [2.75, 3.05) is 38.5 Å². The van der Waals surface area contributed by atoms with Gasteiger partial charge in [0.25, 0.3) is 0 Å². The Hall–Kier alpha value is -2.44. The van der Waals surface area contributed by atoms with Gasteiger partial charge in [-0.3, -0.25) is 4.90 Å². The van der Waals surface area contributed by atoms with Gasteiger partial charge in [0.1, 0.15) is 5.82 Å². The Kier molecular flexibility index (Phi) is 6.20. The summed E-state index contributed by atoms with van der Waals surface area (Å²) >= 11 is 0. The normalized spacial score (nSPS) is 15.6. The van der Waals surface area contributed by atoms with Crippen LogP contribution in [-0.2, 0) is 13.1 Å². The van der Waals surface area contributed by atoms with Crippen LogP contribution < -0.4 is 10.6 Å². The maximum absolute atomic E-state index is 13.5. The number of benzene rings is 2. The number of nitrogens with zero attached hydrogens (tertiary/aromatic N) is 2. The Morgan fingerprint density at radius 1 is 1.00 bits per heavy atom. The molecular weight excluding hydrogens is 331 g/mol. The first kappa shape index (κ1) is 18.4. The number of rotatable bonds is 5. The van der Waals surface area contributed by atoms with Crippen molar-refractivity contribution in [3.63, 3.8) is 0 Å². The lowest BCUT2D eigenvalue weighted by Crippen LogP contribution is -2.43. The van der Waals surface area contributed by atoms with E-state index in [1.165, 1.54) is 17.7 Å². The molecule has 1 saturated heterocycles. The third-order valence-electron chi connectivity index (χ3n) is 4.60. The van der Waals surface area contributed by atoms with E-state index < -0.39 is 11.8 Å². The molecule has 0 aliphatic carbocycles. The number of hydrogen-bond acceptors (Lipinski definition) is 3. The molecule has 1 aliphatic rings. The number of amides is 2. The van der Waals surface area contributed by atoms with E-state index in [0.717, 1.165) is 38.3 Å². The van der Waals surface area contributed by atoms with Crippen molar-refractivity contribution < 1.29 is 9.18 Å². The van der Waals surface area contributed by atoms with Gasteiger partial charge in [-0.2, -0.15) is 0 Å². The number of hydrogen-bond donors (Lipinski definition) is 2. The number of anilines is 1. The van der Waals surface area contributed by atoms with Crippen LogP contribution >= 0.6 is 0 Å². The van der Waals surface area contributed by atoms with Gasteiger partial charge in [-0.1, -0.05) is 36.4 Å². The zero-order chi connectivity index (χ0) is 18.4. The number of piperazine rings is 1. The van der Waals surface area contributed by atoms with Crippen molar-refractivity contribution in [1.29, 1.82) is 0 Å². The molecule has 26 heavy (non-hydrogen) atoms. The largest absolute Gasteiger partial charge is 0.334 e. The second-order valence-corrected chi connectivity index (χ2v) is 6.68. The summed E-state index contributed by atoms with van der Waals surface area (Å²) in [4.78, 5) is 16.7. The molecule has 0 aromatic heterocycles. The standard InChI is InChI=1S/C20H25FN4O/c1-24-10-12-25(13-11-24)15-17-8-6-16(7-9-17)14-22-20(26)23-19-5-3-2-4-18(19)21/h2-9H,10-15H2,1H3,(H2,22,23,26). The van der Waals surface area contributed by atoms with Crippen molar-refractivity contribution in [2.24, 2.45) is 0 Å². The third kappa shape index (κ3) is 5.28. The van der Waals surface area contributed by atoms with Crippen LogP contribution in [0.4, 0.5) is 14.9 Å². The molecule has 6 heteroatoms. The van der Waals surface area contributed by atoms with Gasteiger partial charge in [-0.15, -0.1) is 0 Å². The fourth-order valence-electron chi connectivity index (χ4n) is 2.94. The van der Waals surface area contributed by atoms with Gasteiger partial charge >= 0.3 is 6.03 Å².